The van der Waals surface area contributed by atoms with E-state index in [2.05, 4.69) is 12.2 Å². The van der Waals surface area contributed by atoms with Gasteiger partial charge in [0.25, 0.3) is 0 Å². The molecule has 2 atom stereocenters. The Bertz CT molecular complexity index is 1400. The number of anilines is 2. The number of aryl methyl sites for hydroxylation is 1. The molecule has 38 heavy (non-hydrogen) atoms. The number of para-hydroxylation sites is 2. The highest BCUT2D eigenvalue weighted by Crippen LogP contribution is 2.48. The maximum Gasteiger partial charge on any atom is 0.227 e. The van der Waals surface area contributed by atoms with Crippen LogP contribution in [-0.2, 0) is 9.59 Å². The number of amides is 1. The van der Waals surface area contributed by atoms with E-state index in [1.807, 2.05) is 72.5 Å². The summed E-state index contributed by atoms with van der Waals surface area (Å²) in [5, 5.41) is 4.57. The third-order valence-electron chi connectivity index (χ3n) is 7.56. The number of rotatable bonds is 6. The first-order chi connectivity index (χ1) is 18.4. The van der Waals surface area contributed by atoms with Gasteiger partial charge in [-0.2, -0.15) is 0 Å². The molecule has 3 aromatic rings. The normalized spacial score (nSPS) is 18.9. The van der Waals surface area contributed by atoms with Gasteiger partial charge in [-0.1, -0.05) is 91.0 Å². The SMILES string of the molecule is CCCCCC(=O)N1c2ccccc2NC2=C(C(=O)CC(c3ccc(Cl)c(Cl)c3)C2)C1c1ccc(C)cc1. The molecule has 0 bridgehead atoms. The van der Waals surface area contributed by atoms with Crippen LogP contribution in [0.2, 0.25) is 10.0 Å². The third-order valence-corrected chi connectivity index (χ3v) is 8.30. The van der Waals surface area contributed by atoms with Gasteiger partial charge >= 0.3 is 0 Å². The van der Waals surface area contributed by atoms with E-state index in [0.29, 0.717) is 34.9 Å². The second-order valence-corrected chi connectivity index (χ2v) is 11.1. The van der Waals surface area contributed by atoms with Gasteiger partial charge in [-0.05, 0) is 61.1 Å². The average Bonchev–Trinajstić information content (AvgIpc) is 3.05. The number of nitrogens with zero attached hydrogens (tertiary/aromatic N) is 1. The van der Waals surface area contributed by atoms with E-state index in [4.69, 9.17) is 23.2 Å². The zero-order chi connectivity index (χ0) is 26.8. The van der Waals surface area contributed by atoms with E-state index in [0.717, 1.165) is 53.0 Å². The molecule has 0 aromatic heterocycles. The summed E-state index contributed by atoms with van der Waals surface area (Å²) in [6.45, 7) is 4.17. The minimum atomic E-state index is -0.502. The van der Waals surface area contributed by atoms with Gasteiger partial charge in [0.15, 0.2) is 5.78 Å². The highest BCUT2D eigenvalue weighted by Gasteiger charge is 2.41. The van der Waals surface area contributed by atoms with E-state index in [1.54, 1.807) is 6.07 Å². The fourth-order valence-corrected chi connectivity index (χ4v) is 5.88. The Kier molecular flexibility index (Phi) is 7.92. The van der Waals surface area contributed by atoms with Gasteiger partial charge in [0, 0.05) is 24.1 Å². The molecule has 2 aliphatic rings. The van der Waals surface area contributed by atoms with E-state index in [9.17, 15) is 9.59 Å². The summed E-state index contributed by atoms with van der Waals surface area (Å²) >= 11 is 12.5. The van der Waals surface area contributed by atoms with E-state index in [-0.39, 0.29) is 17.6 Å². The highest BCUT2D eigenvalue weighted by atomic mass is 35.5. The Balaban J connectivity index is 1.65. The van der Waals surface area contributed by atoms with Gasteiger partial charge in [-0.25, -0.2) is 0 Å². The van der Waals surface area contributed by atoms with Crippen molar-refractivity contribution in [2.45, 2.75) is 64.3 Å². The molecule has 196 valence electrons. The van der Waals surface area contributed by atoms with E-state index in [1.165, 1.54) is 0 Å². The Morgan fingerprint density at radius 1 is 0.947 bits per heavy atom. The molecule has 1 heterocycles. The molecule has 0 saturated carbocycles. The number of allylic oxidation sites excluding steroid dienone is 1. The molecule has 5 rings (SSSR count). The van der Waals surface area contributed by atoms with Crippen LogP contribution in [0.1, 0.15) is 74.1 Å². The predicted molar refractivity (Wildman–Crippen MR) is 156 cm³/mol. The number of nitrogens with one attached hydrogen (secondary N) is 1. The smallest absolute Gasteiger partial charge is 0.227 e. The van der Waals surface area contributed by atoms with Crippen LogP contribution in [0.15, 0.2) is 78.0 Å². The third kappa shape index (κ3) is 5.25. The zero-order valence-corrected chi connectivity index (χ0v) is 23.3. The second kappa shape index (κ2) is 11.3. The van der Waals surface area contributed by atoms with Crippen LogP contribution in [0, 0.1) is 6.92 Å². The number of ketones is 1. The van der Waals surface area contributed by atoms with E-state index < -0.39 is 6.04 Å². The maximum atomic E-state index is 14.1. The molecule has 1 aliphatic carbocycles. The largest absolute Gasteiger partial charge is 0.357 e. The van der Waals surface area contributed by atoms with Gasteiger partial charge in [0.05, 0.1) is 27.5 Å². The van der Waals surface area contributed by atoms with Gasteiger partial charge in [0.1, 0.15) is 0 Å². The van der Waals surface area contributed by atoms with Crippen LogP contribution in [0.25, 0.3) is 0 Å². The van der Waals surface area contributed by atoms with Crippen molar-refractivity contribution in [3.05, 3.63) is 105 Å². The topological polar surface area (TPSA) is 49.4 Å². The molecule has 2 unspecified atom stereocenters. The second-order valence-electron chi connectivity index (χ2n) is 10.3. The molecule has 6 heteroatoms. The molecule has 0 radical (unpaired) electrons. The molecule has 0 saturated heterocycles. The van der Waals surface area contributed by atoms with Crippen molar-refractivity contribution in [3.8, 4) is 0 Å². The first-order valence-corrected chi connectivity index (χ1v) is 14.1. The quantitative estimate of drug-likeness (QED) is 0.314. The van der Waals surface area contributed by atoms with Crippen molar-refractivity contribution in [2.24, 2.45) is 0 Å². The predicted octanol–water partition coefficient (Wildman–Crippen LogP) is 8.78. The van der Waals surface area contributed by atoms with Crippen LogP contribution in [0.4, 0.5) is 11.4 Å². The summed E-state index contributed by atoms with van der Waals surface area (Å²) in [6.07, 6.45) is 4.26. The molecule has 1 aliphatic heterocycles. The summed E-state index contributed by atoms with van der Waals surface area (Å²) < 4.78 is 0. The molecular weight excluding hydrogens is 515 g/mol. The van der Waals surface area contributed by atoms with Crippen molar-refractivity contribution < 1.29 is 9.59 Å². The molecule has 3 aromatic carbocycles. The number of hydrogen-bond acceptors (Lipinski definition) is 3. The lowest BCUT2D eigenvalue weighted by Crippen LogP contribution is -2.38. The van der Waals surface area contributed by atoms with Crippen molar-refractivity contribution in [3.63, 3.8) is 0 Å². The average molecular weight is 548 g/mol. The fraction of sp³-hybridized carbons (Fsp3) is 0.312. The number of hydrogen-bond donors (Lipinski definition) is 1. The minimum Gasteiger partial charge on any atom is -0.357 e. The standard InChI is InChI=1S/C32H32Cl2N2O2/c1-3-4-5-10-30(38)36-28-9-7-6-8-26(28)35-27-18-23(22-15-16-24(33)25(34)17-22)19-29(37)31(27)32(36)21-13-11-20(2)12-14-21/h6-9,11-17,23,32,35H,3-5,10,18-19H2,1-2H3. The number of carbonyl (C=O) groups excluding carboxylic acids is 2. The molecule has 0 fully saturated rings. The Labute approximate surface area is 234 Å². The lowest BCUT2D eigenvalue weighted by molar-refractivity contribution is -0.119. The summed E-state index contributed by atoms with van der Waals surface area (Å²) in [5.74, 6) is 0.0344. The first-order valence-electron chi connectivity index (χ1n) is 13.3. The van der Waals surface area contributed by atoms with Crippen LogP contribution >= 0.6 is 23.2 Å². The van der Waals surface area contributed by atoms with Crippen molar-refractivity contribution in [1.82, 2.24) is 0 Å². The first kappa shape index (κ1) is 26.5. The van der Waals surface area contributed by atoms with Gasteiger partial charge < -0.3 is 5.32 Å². The molecule has 1 amide bonds. The van der Waals surface area contributed by atoms with Gasteiger partial charge in [-0.15, -0.1) is 0 Å². The minimum absolute atomic E-state index is 0.0337. The maximum absolute atomic E-state index is 14.1. The Morgan fingerprint density at radius 3 is 2.42 bits per heavy atom. The molecular formula is C32H32Cl2N2O2. The van der Waals surface area contributed by atoms with Crippen LogP contribution in [-0.4, -0.2) is 11.7 Å². The van der Waals surface area contributed by atoms with Crippen LogP contribution in [0.5, 0.6) is 0 Å². The molecule has 4 nitrogen and oxygen atoms in total. The monoisotopic (exact) mass is 546 g/mol. The zero-order valence-electron chi connectivity index (χ0n) is 21.8. The van der Waals surface area contributed by atoms with Gasteiger partial charge in [-0.3, -0.25) is 14.5 Å². The Hall–Kier alpha value is -3.08. The van der Waals surface area contributed by atoms with E-state index >= 15 is 0 Å². The fourth-order valence-electron chi connectivity index (χ4n) is 5.58. The molecule has 1 N–H and O–H groups in total. The number of fused-ring (bicyclic) bond motifs is 1. The molecule has 0 spiro atoms. The Morgan fingerprint density at radius 2 is 1.68 bits per heavy atom. The number of halogens is 2. The van der Waals surface area contributed by atoms with Crippen molar-refractivity contribution >= 4 is 46.3 Å². The van der Waals surface area contributed by atoms with Crippen molar-refractivity contribution in [1.29, 1.82) is 0 Å². The number of Topliss-reactive ketones (excluding diaryl/α,β-unsaturated/α-hetero) is 1. The van der Waals surface area contributed by atoms with Gasteiger partial charge in [0.2, 0.25) is 5.91 Å². The lowest BCUT2D eigenvalue weighted by Gasteiger charge is -2.35. The number of unbranched alkanes of at least 4 members (excludes halogenated alkanes) is 2. The summed E-state index contributed by atoms with van der Waals surface area (Å²) in [4.78, 5) is 29.8. The summed E-state index contributed by atoms with van der Waals surface area (Å²) in [6, 6.07) is 21.1. The number of benzene rings is 3. The number of carbonyl (C=O) groups is 2. The van der Waals surface area contributed by atoms with Crippen LogP contribution < -0.4 is 10.2 Å². The lowest BCUT2D eigenvalue weighted by atomic mass is 9.78. The summed E-state index contributed by atoms with van der Waals surface area (Å²) in [7, 11) is 0. The summed E-state index contributed by atoms with van der Waals surface area (Å²) in [5.41, 5.74) is 6.22. The van der Waals surface area contributed by atoms with Crippen LogP contribution in [0.3, 0.4) is 0 Å². The van der Waals surface area contributed by atoms with Crippen molar-refractivity contribution in [2.75, 3.05) is 10.2 Å². The highest BCUT2D eigenvalue weighted by molar-refractivity contribution is 6.42.